The summed E-state index contributed by atoms with van der Waals surface area (Å²) in [7, 11) is 1.74. The number of rotatable bonds is 2. The first kappa shape index (κ1) is 14.3. The maximum absolute atomic E-state index is 12.5. The molecular formula is C14H11F3N4O. The van der Waals surface area contributed by atoms with Gasteiger partial charge in [-0.2, -0.15) is 23.3 Å². The molecule has 0 saturated carbocycles. The molecule has 114 valence electrons. The van der Waals surface area contributed by atoms with E-state index in [1.54, 1.807) is 17.8 Å². The lowest BCUT2D eigenvalue weighted by atomic mass is 10.1. The van der Waals surface area contributed by atoms with Crippen molar-refractivity contribution in [3.8, 4) is 23.0 Å². The van der Waals surface area contributed by atoms with Crippen molar-refractivity contribution in [3.05, 3.63) is 41.6 Å². The van der Waals surface area contributed by atoms with Gasteiger partial charge in [-0.25, -0.2) is 0 Å². The predicted molar refractivity (Wildman–Crippen MR) is 71.7 cm³/mol. The van der Waals surface area contributed by atoms with E-state index in [2.05, 4.69) is 15.2 Å². The maximum Gasteiger partial charge on any atom is 0.416 e. The van der Waals surface area contributed by atoms with Gasteiger partial charge in [0.1, 0.15) is 5.69 Å². The third kappa shape index (κ3) is 2.59. The van der Waals surface area contributed by atoms with Crippen molar-refractivity contribution in [3.63, 3.8) is 0 Å². The fraction of sp³-hybridized carbons (Fsp3) is 0.214. The Kier molecular flexibility index (Phi) is 3.23. The molecule has 0 aliphatic rings. The molecule has 3 aromatic rings. The Hall–Kier alpha value is -2.64. The Bertz CT molecular complexity index is 802. The smallest absolute Gasteiger partial charge is 0.332 e. The molecule has 0 atom stereocenters. The Morgan fingerprint density at radius 3 is 2.36 bits per heavy atom. The Balaban J connectivity index is 1.92. The molecule has 0 bridgehead atoms. The molecule has 0 unspecified atom stereocenters. The minimum atomic E-state index is -4.37. The molecule has 22 heavy (non-hydrogen) atoms. The predicted octanol–water partition coefficient (Wildman–Crippen LogP) is 3.46. The highest BCUT2D eigenvalue weighted by atomic mass is 19.4. The summed E-state index contributed by atoms with van der Waals surface area (Å²) in [6, 6.07) is 6.38. The third-order valence-electron chi connectivity index (χ3n) is 3.12. The van der Waals surface area contributed by atoms with Crippen LogP contribution >= 0.6 is 0 Å². The van der Waals surface area contributed by atoms with Crippen LogP contribution in [0.5, 0.6) is 0 Å². The molecule has 0 N–H and O–H groups in total. The van der Waals surface area contributed by atoms with Gasteiger partial charge in [0.25, 0.3) is 5.89 Å². The zero-order chi connectivity index (χ0) is 15.9. The number of hydrogen-bond acceptors (Lipinski definition) is 4. The highest BCUT2D eigenvalue weighted by Gasteiger charge is 2.30. The molecule has 5 nitrogen and oxygen atoms in total. The van der Waals surface area contributed by atoms with Crippen LogP contribution in [0.25, 0.3) is 23.0 Å². The molecule has 8 heteroatoms. The van der Waals surface area contributed by atoms with Gasteiger partial charge in [0.15, 0.2) is 0 Å². The van der Waals surface area contributed by atoms with Gasteiger partial charge in [0.05, 0.1) is 11.3 Å². The minimum absolute atomic E-state index is 0.225. The van der Waals surface area contributed by atoms with Crippen LogP contribution in [0.1, 0.15) is 11.3 Å². The van der Waals surface area contributed by atoms with Crippen LogP contribution < -0.4 is 0 Å². The van der Waals surface area contributed by atoms with Crippen LogP contribution in [0.3, 0.4) is 0 Å². The van der Waals surface area contributed by atoms with E-state index >= 15 is 0 Å². The average molecular weight is 308 g/mol. The fourth-order valence-electron chi connectivity index (χ4n) is 2.06. The molecule has 0 aliphatic heterocycles. The highest BCUT2D eigenvalue weighted by Crippen LogP contribution is 2.30. The summed E-state index contributed by atoms with van der Waals surface area (Å²) in [4.78, 5) is 4.20. The number of nitrogens with zero attached hydrogens (tertiary/aromatic N) is 4. The number of alkyl halides is 3. The zero-order valence-electron chi connectivity index (χ0n) is 11.7. The van der Waals surface area contributed by atoms with Crippen LogP contribution in [0.4, 0.5) is 13.2 Å². The first-order chi connectivity index (χ1) is 10.3. The van der Waals surface area contributed by atoms with E-state index in [1.165, 1.54) is 12.1 Å². The van der Waals surface area contributed by atoms with E-state index in [0.29, 0.717) is 11.3 Å². The van der Waals surface area contributed by atoms with Crippen molar-refractivity contribution in [1.29, 1.82) is 0 Å². The quantitative estimate of drug-likeness (QED) is 0.727. The van der Waals surface area contributed by atoms with Gasteiger partial charge in [-0.15, -0.1) is 0 Å². The topological polar surface area (TPSA) is 56.7 Å². The molecular weight excluding hydrogens is 297 g/mol. The highest BCUT2D eigenvalue weighted by molar-refractivity contribution is 5.58. The maximum atomic E-state index is 12.5. The monoisotopic (exact) mass is 308 g/mol. The van der Waals surface area contributed by atoms with Crippen molar-refractivity contribution < 1.29 is 17.7 Å². The van der Waals surface area contributed by atoms with E-state index < -0.39 is 11.7 Å². The SMILES string of the molecule is Cc1cc(-c2nc(-c3ccc(C(F)(F)F)cc3)no2)n(C)n1. The van der Waals surface area contributed by atoms with Crippen molar-refractivity contribution >= 4 is 0 Å². The van der Waals surface area contributed by atoms with Gasteiger partial charge in [-0.1, -0.05) is 17.3 Å². The summed E-state index contributed by atoms with van der Waals surface area (Å²) in [6.45, 7) is 1.83. The Morgan fingerprint density at radius 1 is 1.14 bits per heavy atom. The minimum Gasteiger partial charge on any atom is -0.332 e. The van der Waals surface area contributed by atoms with E-state index in [4.69, 9.17) is 4.52 Å². The standard InChI is InChI=1S/C14H11F3N4O/c1-8-7-11(21(2)19-8)13-18-12(20-22-13)9-3-5-10(6-4-9)14(15,16)17/h3-7H,1-2H3. The summed E-state index contributed by atoms with van der Waals surface area (Å²) in [5.74, 6) is 0.487. The van der Waals surface area contributed by atoms with Crippen molar-refractivity contribution in [2.75, 3.05) is 0 Å². The average Bonchev–Trinajstić information content (AvgIpc) is 3.04. The molecule has 1 aromatic carbocycles. The van der Waals surface area contributed by atoms with E-state index in [9.17, 15) is 13.2 Å². The second kappa shape index (κ2) is 4.97. The fourth-order valence-corrected chi connectivity index (χ4v) is 2.06. The lowest BCUT2D eigenvalue weighted by Gasteiger charge is -2.05. The van der Waals surface area contributed by atoms with Crippen molar-refractivity contribution in [2.45, 2.75) is 13.1 Å². The number of aromatic nitrogens is 4. The van der Waals surface area contributed by atoms with Crippen LogP contribution in [-0.2, 0) is 13.2 Å². The van der Waals surface area contributed by atoms with E-state index in [0.717, 1.165) is 17.8 Å². The summed E-state index contributed by atoms with van der Waals surface area (Å²) in [5.41, 5.74) is 1.17. The molecule has 0 radical (unpaired) electrons. The summed E-state index contributed by atoms with van der Waals surface area (Å²) >= 11 is 0. The largest absolute Gasteiger partial charge is 0.416 e. The number of halogens is 3. The van der Waals surface area contributed by atoms with Crippen LogP contribution in [0, 0.1) is 6.92 Å². The number of hydrogen-bond donors (Lipinski definition) is 0. The molecule has 0 fully saturated rings. The summed E-state index contributed by atoms with van der Waals surface area (Å²) < 4.78 is 44.4. The van der Waals surface area contributed by atoms with E-state index in [1.807, 2.05) is 6.92 Å². The molecule has 0 amide bonds. The molecule has 0 aliphatic carbocycles. The van der Waals surface area contributed by atoms with Gasteiger partial charge in [-0.3, -0.25) is 4.68 Å². The Morgan fingerprint density at radius 2 is 1.82 bits per heavy atom. The number of benzene rings is 1. The second-order valence-electron chi connectivity index (χ2n) is 4.79. The molecule has 3 rings (SSSR count). The van der Waals surface area contributed by atoms with Gasteiger partial charge in [0, 0.05) is 12.6 Å². The van der Waals surface area contributed by atoms with Gasteiger partial charge < -0.3 is 4.52 Å². The second-order valence-corrected chi connectivity index (χ2v) is 4.79. The van der Waals surface area contributed by atoms with Gasteiger partial charge in [-0.05, 0) is 25.1 Å². The van der Waals surface area contributed by atoms with Gasteiger partial charge in [0.2, 0.25) is 5.82 Å². The number of aryl methyl sites for hydroxylation is 2. The third-order valence-corrected chi connectivity index (χ3v) is 3.12. The Labute approximate surface area is 123 Å². The van der Waals surface area contributed by atoms with Crippen LogP contribution in [0.2, 0.25) is 0 Å². The normalized spacial score (nSPS) is 11.9. The van der Waals surface area contributed by atoms with Crippen LogP contribution in [0.15, 0.2) is 34.9 Å². The van der Waals surface area contributed by atoms with Gasteiger partial charge >= 0.3 is 6.18 Å². The summed E-state index contributed by atoms with van der Waals surface area (Å²) in [6.07, 6.45) is -4.37. The van der Waals surface area contributed by atoms with Crippen molar-refractivity contribution in [1.82, 2.24) is 19.9 Å². The first-order valence-electron chi connectivity index (χ1n) is 6.37. The zero-order valence-corrected chi connectivity index (χ0v) is 11.7. The molecule has 2 heterocycles. The molecule has 0 spiro atoms. The molecule has 0 saturated heterocycles. The lowest BCUT2D eigenvalue weighted by Crippen LogP contribution is -2.04. The van der Waals surface area contributed by atoms with E-state index in [-0.39, 0.29) is 11.7 Å². The molecule has 2 aromatic heterocycles. The lowest BCUT2D eigenvalue weighted by molar-refractivity contribution is -0.137. The summed E-state index contributed by atoms with van der Waals surface area (Å²) in [5, 5.41) is 7.97. The van der Waals surface area contributed by atoms with Crippen molar-refractivity contribution in [2.24, 2.45) is 7.05 Å². The van der Waals surface area contributed by atoms with Crippen LogP contribution in [-0.4, -0.2) is 19.9 Å². The first-order valence-corrected chi connectivity index (χ1v) is 6.37.